The van der Waals surface area contributed by atoms with Crippen molar-refractivity contribution in [2.45, 2.75) is 39.0 Å². The van der Waals surface area contributed by atoms with E-state index in [9.17, 15) is 19.1 Å². The van der Waals surface area contributed by atoms with Crippen LogP contribution in [-0.4, -0.2) is 41.1 Å². The predicted octanol–water partition coefficient (Wildman–Crippen LogP) is 1.86. The van der Waals surface area contributed by atoms with Crippen molar-refractivity contribution in [1.82, 2.24) is 14.9 Å². The van der Waals surface area contributed by atoms with Gasteiger partial charge in [0.1, 0.15) is 6.61 Å². The number of benzene rings is 1. The molecule has 2 aromatic heterocycles. The molecule has 0 bridgehead atoms. The van der Waals surface area contributed by atoms with E-state index in [-0.39, 0.29) is 48.7 Å². The Morgan fingerprint density at radius 3 is 2.79 bits per heavy atom. The van der Waals surface area contributed by atoms with Crippen molar-refractivity contribution < 1.29 is 23.8 Å². The minimum absolute atomic E-state index is 0.0669. The number of nitrogens with one attached hydrogen (secondary N) is 1. The molecule has 0 amide bonds. The number of anilines is 1. The van der Waals surface area contributed by atoms with Crippen LogP contribution < -0.4 is 20.5 Å². The molecule has 6 rings (SSSR count). The lowest BCUT2D eigenvalue weighted by atomic mass is 9.86. The van der Waals surface area contributed by atoms with Gasteiger partial charge in [0.2, 0.25) is 0 Å². The van der Waals surface area contributed by atoms with Crippen molar-refractivity contribution in [1.29, 1.82) is 0 Å². The van der Waals surface area contributed by atoms with Crippen LogP contribution in [0.15, 0.2) is 16.9 Å². The smallest absolute Gasteiger partial charge is 0.343 e. The normalized spacial score (nSPS) is 20.0. The van der Waals surface area contributed by atoms with Crippen molar-refractivity contribution >= 4 is 22.6 Å². The average molecular weight is 466 g/mol. The fourth-order valence-corrected chi connectivity index (χ4v) is 5.36. The second-order valence-corrected chi connectivity index (χ2v) is 8.92. The maximum absolute atomic E-state index is 14.9. The first kappa shape index (κ1) is 21.1. The summed E-state index contributed by atoms with van der Waals surface area (Å²) >= 11 is 0. The number of aryl methyl sites for hydroxylation is 1. The first-order valence-electron chi connectivity index (χ1n) is 11.1. The summed E-state index contributed by atoms with van der Waals surface area (Å²) in [7, 11) is 1.80. The van der Waals surface area contributed by atoms with Crippen molar-refractivity contribution in [2.24, 2.45) is 0 Å². The third-order valence-corrected chi connectivity index (χ3v) is 7.17. The van der Waals surface area contributed by atoms with Gasteiger partial charge in [-0.2, -0.15) is 0 Å². The van der Waals surface area contributed by atoms with Crippen LogP contribution in [0.2, 0.25) is 0 Å². The second-order valence-electron chi connectivity index (χ2n) is 8.92. The van der Waals surface area contributed by atoms with Crippen molar-refractivity contribution in [3.63, 3.8) is 0 Å². The van der Waals surface area contributed by atoms with Gasteiger partial charge < -0.3 is 29.4 Å². The zero-order valence-corrected chi connectivity index (χ0v) is 19.0. The van der Waals surface area contributed by atoms with E-state index >= 15 is 0 Å². The first-order chi connectivity index (χ1) is 16.3. The van der Waals surface area contributed by atoms with E-state index < -0.39 is 17.4 Å². The quantitative estimate of drug-likeness (QED) is 0.441. The van der Waals surface area contributed by atoms with Crippen molar-refractivity contribution in [3.8, 4) is 17.1 Å². The van der Waals surface area contributed by atoms with Gasteiger partial charge in [0.05, 0.1) is 41.4 Å². The number of cyclic esters (lactones) is 1. The van der Waals surface area contributed by atoms with E-state index in [0.29, 0.717) is 29.3 Å². The second kappa shape index (κ2) is 7.00. The summed E-state index contributed by atoms with van der Waals surface area (Å²) in [6.07, 6.45) is 0.0669. The number of aliphatic hydroxyl groups is 1. The van der Waals surface area contributed by atoms with Gasteiger partial charge in [0.15, 0.2) is 23.9 Å². The predicted molar refractivity (Wildman–Crippen MR) is 121 cm³/mol. The molecule has 0 radical (unpaired) electrons. The molecule has 0 spiro atoms. The Morgan fingerprint density at radius 2 is 2.06 bits per heavy atom. The van der Waals surface area contributed by atoms with Crippen LogP contribution in [0, 0.1) is 12.7 Å². The Bertz CT molecular complexity index is 1480. The van der Waals surface area contributed by atoms with E-state index in [4.69, 9.17) is 14.5 Å². The first-order valence-corrected chi connectivity index (χ1v) is 11.1. The van der Waals surface area contributed by atoms with E-state index in [1.165, 1.54) is 6.07 Å². The maximum Gasteiger partial charge on any atom is 0.343 e. The number of aromatic nitrogens is 2. The topological polar surface area (TPSA) is 106 Å². The average Bonchev–Trinajstić information content (AvgIpc) is 3.40. The van der Waals surface area contributed by atoms with Crippen LogP contribution in [-0.2, 0) is 28.3 Å². The number of hydrogen-bond donors (Lipinski definition) is 2. The molecule has 0 saturated carbocycles. The molecule has 0 aliphatic carbocycles. The SMILES string of the molecule is CC[C@@]1(O)C(=O)OCc2c1cc1n(c2=O)Cc2c-1nc1cc(F)c3c(c1c2C)N(CNC)CO3. The Morgan fingerprint density at radius 1 is 1.26 bits per heavy atom. The molecule has 2 N–H and O–H groups in total. The third-order valence-electron chi connectivity index (χ3n) is 7.17. The molecule has 3 aliphatic rings. The highest BCUT2D eigenvalue weighted by molar-refractivity contribution is 6.01. The Labute approximate surface area is 193 Å². The molecule has 3 aromatic rings. The standard InChI is InChI=1S/C24H23FN4O5/c1-4-24(32)14-5-17-19-12(7-29(17)22(30)13(14)8-33-23(24)31)11(2)18-16(27-19)6-15(25)21-20(18)28(9-26-3)10-34-21/h5-6,26,32H,4,7-10H2,1-3H3/t24-/m0/s1. The molecule has 34 heavy (non-hydrogen) atoms. The monoisotopic (exact) mass is 466 g/mol. The summed E-state index contributed by atoms with van der Waals surface area (Å²) in [4.78, 5) is 32.4. The van der Waals surface area contributed by atoms with Crippen LogP contribution >= 0.6 is 0 Å². The molecule has 10 heteroatoms. The molecular formula is C24H23FN4O5. The molecule has 3 aliphatic heterocycles. The molecule has 1 atom stereocenters. The van der Waals surface area contributed by atoms with Gasteiger partial charge in [-0.15, -0.1) is 0 Å². The van der Waals surface area contributed by atoms with Crippen LogP contribution in [0.5, 0.6) is 5.75 Å². The van der Waals surface area contributed by atoms with Crippen molar-refractivity contribution in [2.75, 3.05) is 25.3 Å². The van der Waals surface area contributed by atoms with Crippen LogP contribution in [0.1, 0.15) is 35.6 Å². The number of esters is 1. The fourth-order valence-electron chi connectivity index (χ4n) is 5.36. The summed E-state index contributed by atoms with van der Waals surface area (Å²) < 4.78 is 27.3. The largest absolute Gasteiger partial charge is 0.468 e. The number of rotatable bonds is 3. The van der Waals surface area contributed by atoms with Gasteiger partial charge >= 0.3 is 5.97 Å². The van der Waals surface area contributed by atoms with E-state index in [2.05, 4.69) is 5.32 Å². The van der Waals surface area contributed by atoms with Crippen LogP contribution in [0.3, 0.4) is 0 Å². The molecular weight excluding hydrogens is 443 g/mol. The molecule has 9 nitrogen and oxygen atoms in total. The minimum atomic E-state index is -1.89. The Hall–Kier alpha value is -3.50. The summed E-state index contributed by atoms with van der Waals surface area (Å²) in [6.45, 7) is 4.38. The minimum Gasteiger partial charge on any atom is -0.468 e. The van der Waals surface area contributed by atoms with Crippen LogP contribution in [0.25, 0.3) is 22.3 Å². The summed E-state index contributed by atoms with van der Waals surface area (Å²) in [6, 6.07) is 3.01. The van der Waals surface area contributed by atoms with Crippen molar-refractivity contribution in [3.05, 3.63) is 50.6 Å². The Kier molecular flexibility index (Phi) is 4.34. The number of pyridine rings is 2. The lowest BCUT2D eigenvalue weighted by molar-refractivity contribution is -0.172. The fraction of sp³-hybridized carbons (Fsp3) is 0.375. The van der Waals surface area contributed by atoms with Gasteiger partial charge in [-0.25, -0.2) is 14.2 Å². The van der Waals surface area contributed by atoms with E-state index in [1.807, 2.05) is 11.8 Å². The molecule has 0 saturated heterocycles. The zero-order valence-electron chi connectivity index (χ0n) is 19.0. The van der Waals surface area contributed by atoms with E-state index in [0.717, 1.165) is 16.5 Å². The summed E-state index contributed by atoms with van der Waals surface area (Å²) in [5.74, 6) is -1.08. The molecule has 0 fully saturated rings. The summed E-state index contributed by atoms with van der Waals surface area (Å²) in [5.41, 5.74) is 2.13. The number of carbonyl (C=O) groups excluding carboxylic acids is 1. The number of fused-ring (bicyclic) bond motifs is 7. The Balaban J connectivity index is 1.63. The number of nitrogens with zero attached hydrogens (tertiary/aromatic N) is 3. The number of carbonyl (C=O) groups is 1. The van der Waals surface area contributed by atoms with Gasteiger partial charge in [0, 0.05) is 22.6 Å². The number of hydrogen-bond acceptors (Lipinski definition) is 8. The molecule has 0 unspecified atom stereocenters. The highest BCUT2D eigenvalue weighted by Gasteiger charge is 2.45. The third kappa shape index (κ3) is 2.52. The van der Waals surface area contributed by atoms with Gasteiger partial charge in [-0.1, -0.05) is 6.92 Å². The zero-order chi connectivity index (χ0) is 23.9. The lowest BCUT2D eigenvalue weighted by Crippen LogP contribution is -2.44. The number of ether oxygens (including phenoxy) is 2. The van der Waals surface area contributed by atoms with E-state index in [1.54, 1.807) is 24.6 Å². The van der Waals surface area contributed by atoms with Crippen LogP contribution in [0.4, 0.5) is 10.1 Å². The number of halogens is 1. The highest BCUT2D eigenvalue weighted by atomic mass is 19.1. The van der Waals surface area contributed by atoms with Gasteiger partial charge in [-0.05, 0) is 32.0 Å². The summed E-state index contributed by atoms with van der Waals surface area (Å²) in [5, 5.41) is 14.9. The van der Waals surface area contributed by atoms with Gasteiger partial charge in [0.25, 0.3) is 5.56 Å². The highest BCUT2D eigenvalue weighted by Crippen LogP contribution is 2.46. The molecule has 1 aromatic carbocycles. The molecule has 5 heterocycles. The maximum atomic E-state index is 14.9. The van der Waals surface area contributed by atoms with Gasteiger partial charge in [-0.3, -0.25) is 4.79 Å². The lowest BCUT2D eigenvalue weighted by Gasteiger charge is -2.31. The molecule has 176 valence electrons.